The maximum Gasteiger partial charge on any atom is 0.315 e. The summed E-state index contributed by atoms with van der Waals surface area (Å²) >= 11 is 1.61. The van der Waals surface area contributed by atoms with Gasteiger partial charge in [0.15, 0.2) is 0 Å². The lowest BCUT2D eigenvalue weighted by molar-refractivity contribution is -0.137. The van der Waals surface area contributed by atoms with E-state index in [-0.39, 0.29) is 5.97 Å². The van der Waals surface area contributed by atoms with Crippen molar-refractivity contribution < 1.29 is 9.53 Å². The molecule has 0 aromatic rings. The monoisotopic (exact) mass is 216 g/mol. The number of unbranched alkanes of at least 4 members (excludes halogenated alkanes) is 2. The average Bonchev–Trinajstić information content (AvgIpc) is 2.22. The molecule has 2 nitrogen and oxygen atoms in total. The minimum Gasteiger partial charge on any atom is -0.468 e. The van der Waals surface area contributed by atoms with E-state index in [2.05, 4.69) is 18.2 Å². The molecule has 0 heterocycles. The summed E-state index contributed by atoms with van der Waals surface area (Å²) < 4.78 is 4.58. The van der Waals surface area contributed by atoms with Gasteiger partial charge in [-0.1, -0.05) is 32.3 Å². The summed E-state index contributed by atoms with van der Waals surface area (Å²) in [7, 11) is 1.42. The van der Waals surface area contributed by atoms with Crippen LogP contribution in [0.5, 0.6) is 0 Å². The lowest BCUT2D eigenvalue weighted by Gasteiger charge is -2.10. The molecule has 0 fully saturated rings. The summed E-state index contributed by atoms with van der Waals surface area (Å²) in [6, 6.07) is 0. The number of ether oxygens (including phenoxy) is 1. The third kappa shape index (κ3) is 7.01. The summed E-state index contributed by atoms with van der Waals surface area (Å²) in [5.74, 6) is 0.275. The van der Waals surface area contributed by atoms with E-state index in [0.29, 0.717) is 11.0 Å². The highest BCUT2D eigenvalue weighted by atomic mass is 32.2. The molecule has 14 heavy (non-hydrogen) atoms. The zero-order valence-electron chi connectivity index (χ0n) is 9.12. The Bertz CT molecular complexity index is 169. The predicted molar refractivity (Wildman–Crippen MR) is 62.6 cm³/mol. The molecule has 3 heteroatoms. The molecule has 1 unspecified atom stereocenters. The molecule has 0 aliphatic carbocycles. The van der Waals surface area contributed by atoms with Crippen molar-refractivity contribution >= 4 is 17.7 Å². The van der Waals surface area contributed by atoms with Crippen molar-refractivity contribution in [3.63, 3.8) is 0 Å². The number of methoxy groups -OCH3 is 1. The minimum absolute atomic E-state index is 0.155. The smallest absolute Gasteiger partial charge is 0.315 e. The number of hydrogen-bond acceptors (Lipinski definition) is 3. The Morgan fingerprint density at radius 1 is 1.57 bits per heavy atom. The van der Waals surface area contributed by atoms with E-state index in [1.165, 1.54) is 26.4 Å². The predicted octanol–water partition coefficient (Wildman–Crippen LogP) is 3.03. The fourth-order valence-electron chi connectivity index (χ4n) is 1.10. The van der Waals surface area contributed by atoms with Crippen molar-refractivity contribution in [3.8, 4) is 0 Å². The second-order valence-corrected chi connectivity index (χ2v) is 4.38. The quantitative estimate of drug-likeness (QED) is 0.354. The van der Waals surface area contributed by atoms with Crippen LogP contribution in [0.2, 0.25) is 0 Å². The minimum atomic E-state index is -0.155. The molecular weight excluding hydrogens is 196 g/mol. The third-order valence-electron chi connectivity index (χ3n) is 2.00. The zero-order valence-corrected chi connectivity index (χ0v) is 9.94. The molecule has 0 saturated carbocycles. The van der Waals surface area contributed by atoms with Gasteiger partial charge in [0.25, 0.3) is 0 Å². The first kappa shape index (κ1) is 13.6. The first-order valence-electron chi connectivity index (χ1n) is 5.05. The van der Waals surface area contributed by atoms with E-state index >= 15 is 0 Å². The maximum absolute atomic E-state index is 10.9. The molecule has 0 spiro atoms. The molecule has 0 amide bonds. The van der Waals surface area contributed by atoms with Crippen molar-refractivity contribution in [1.82, 2.24) is 0 Å². The van der Waals surface area contributed by atoms with Crippen LogP contribution in [0.3, 0.4) is 0 Å². The van der Waals surface area contributed by atoms with Gasteiger partial charge in [-0.15, -0.1) is 18.3 Å². The van der Waals surface area contributed by atoms with E-state index in [9.17, 15) is 4.79 Å². The summed E-state index contributed by atoms with van der Waals surface area (Å²) in [5, 5.41) is 0.389. The highest BCUT2D eigenvalue weighted by Crippen LogP contribution is 2.18. The topological polar surface area (TPSA) is 26.3 Å². The Labute approximate surface area is 91.1 Å². The van der Waals surface area contributed by atoms with Crippen LogP contribution in [0.15, 0.2) is 12.7 Å². The highest BCUT2D eigenvalue weighted by molar-refractivity contribution is 8.00. The molecule has 1 atom stereocenters. The molecule has 0 N–H and O–H groups in total. The van der Waals surface area contributed by atoms with Gasteiger partial charge in [0.05, 0.1) is 12.9 Å². The van der Waals surface area contributed by atoms with E-state index in [0.717, 1.165) is 6.42 Å². The number of carbonyl (C=O) groups excluding carboxylic acids is 1. The molecule has 0 aliphatic heterocycles. The van der Waals surface area contributed by atoms with Gasteiger partial charge in [-0.25, -0.2) is 0 Å². The second-order valence-electron chi connectivity index (χ2n) is 3.16. The Morgan fingerprint density at radius 3 is 2.79 bits per heavy atom. The first-order valence-corrected chi connectivity index (χ1v) is 6.10. The van der Waals surface area contributed by atoms with Crippen LogP contribution in [-0.4, -0.2) is 24.1 Å². The Morgan fingerprint density at radius 2 is 2.29 bits per heavy atom. The largest absolute Gasteiger partial charge is 0.468 e. The van der Waals surface area contributed by atoms with Crippen LogP contribution in [0.25, 0.3) is 0 Å². The fraction of sp³-hybridized carbons (Fsp3) is 0.727. The van der Waals surface area contributed by atoms with Gasteiger partial charge >= 0.3 is 5.97 Å². The molecule has 0 bridgehead atoms. The Hall–Kier alpha value is -0.440. The number of carbonyl (C=O) groups is 1. The lowest BCUT2D eigenvalue weighted by atomic mass is 10.1. The van der Waals surface area contributed by atoms with Crippen LogP contribution < -0.4 is 0 Å². The molecule has 82 valence electrons. The normalized spacial score (nSPS) is 12.1. The van der Waals surface area contributed by atoms with Gasteiger partial charge in [-0.3, -0.25) is 4.79 Å². The van der Waals surface area contributed by atoms with Gasteiger partial charge in [0.2, 0.25) is 0 Å². The number of esters is 1. The Kier molecular flexibility index (Phi) is 8.84. The standard InChI is InChI=1S/C11H20O2S/c1-4-6-7-8-10(5-2)14-9-11(12)13-3/h5,10H,2,4,6-9H2,1,3H3. The van der Waals surface area contributed by atoms with Crippen LogP contribution in [0.1, 0.15) is 32.6 Å². The molecule has 0 rings (SSSR count). The number of thioether (sulfide) groups is 1. The molecule has 0 saturated heterocycles. The Balaban J connectivity index is 3.57. The number of rotatable bonds is 8. The summed E-state index contributed by atoms with van der Waals surface area (Å²) in [6.45, 7) is 5.96. The van der Waals surface area contributed by atoms with Crippen molar-refractivity contribution in [2.24, 2.45) is 0 Å². The number of hydrogen-bond donors (Lipinski definition) is 0. The lowest BCUT2D eigenvalue weighted by Crippen LogP contribution is -2.08. The highest BCUT2D eigenvalue weighted by Gasteiger charge is 2.07. The van der Waals surface area contributed by atoms with Crippen LogP contribution in [-0.2, 0) is 9.53 Å². The van der Waals surface area contributed by atoms with Gasteiger partial charge in [0.1, 0.15) is 0 Å². The maximum atomic E-state index is 10.9. The van der Waals surface area contributed by atoms with Crippen LogP contribution >= 0.6 is 11.8 Å². The average molecular weight is 216 g/mol. The molecule has 0 radical (unpaired) electrons. The van der Waals surface area contributed by atoms with E-state index < -0.39 is 0 Å². The second kappa shape index (κ2) is 9.13. The molecular formula is C11H20O2S. The summed E-state index contributed by atoms with van der Waals surface area (Å²) in [4.78, 5) is 10.9. The van der Waals surface area contributed by atoms with E-state index in [4.69, 9.17) is 0 Å². The fourth-order valence-corrected chi connectivity index (χ4v) is 2.04. The van der Waals surface area contributed by atoms with E-state index in [1.807, 2.05) is 6.08 Å². The van der Waals surface area contributed by atoms with Crippen molar-refractivity contribution in [1.29, 1.82) is 0 Å². The van der Waals surface area contributed by atoms with Gasteiger partial charge in [-0.05, 0) is 6.42 Å². The molecule has 0 aromatic carbocycles. The van der Waals surface area contributed by atoms with Crippen molar-refractivity contribution in [2.45, 2.75) is 37.9 Å². The van der Waals surface area contributed by atoms with E-state index in [1.54, 1.807) is 11.8 Å². The van der Waals surface area contributed by atoms with Gasteiger partial charge < -0.3 is 4.74 Å². The molecule has 0 aromatic heterocycles. The zero-order chi connectivity index (χ0) is 10.8. The van der Waals surface area contributed by atoms with Crippen LogP contribution in [0, 0.1) is 0 Å². The SMILES string of the molecule is C=CC(CCCCC)SCC(=O)OC. The summed E-state index contributed by atoms with van der Waals surface area (Å²) in [5.41, 5.74) is 0. The molecule has 0 aliphatic rings. The summed E-state index contributed by atoms with van der Waals surface area (Å²) in [6.07, 6.45) is 6.72. The van der Waals surface area contributed by atoms with Crippen LogP contribution in [0.4, 0.5) is 0 Å². The van der Waals surface area contributed by atoms with Gasteiger partial charge in [0, 0.05) is 5.25 Å². The van der Waals surface area contributed by atoms with Gasteiger partial charge in [-0.2, -0.15) is 0 Å². The third-order valence-corrected chi connectivity index (χ3v) is 3.26. The first-order chi connectivity index (χ1) is 6.74. The van der Waals surface area contributed by atoms with Crippen molar-refractivity contribution in [2.75, 3.05) is 12.9 Å². The van der Waals surface area contributed by atoms with Crippen molar-refractivity contribution in [3.05, 3.63) is 12.7 Å².